The monoisotopic (exact) mass is 416 g/mol. The van der Waals surface area contributed by atoms with Crippen molar-refractivity contribution < 1.29 is 0 Å². The molecule has 3 rings (SSSR count). The van der Waals surface area contributed by atoms with Crippen molar-refractivity contribution >= 4 is 56.8 Å². The lowest BCUT2D eigenvalue weighted by atomic mass is 10.2. The summed E-state index contributed by atoms with van der Waals surface area (Å²) in [7, 11) is 0. The molecule has 0 amide bonds. The van der Waals surface area contributed by atoms with E-state index in [1.807, 2.05) is 54.0 Å². The van der Waals surface area contributed by atoms with E-state index in [4.69, 9.17) is 23.2 Å². The minimum absolute atomic E-state index is 0.197. The molecule has 1 aromatic heterocycles. The summed E-state index contributed by atoms with van der Waals surface area (Å²) in [6.07, 6.45) is 0. The molecule has 2 aromatic carbocycles. The number of hydrogen-bond acceptors (Lipinski definition) is 1. The van der Waals surface area contributed by atoms with Gasteiger partial charge in [0.05, 0.1) is 27.1 Å². The van der Waals surface area contributed by atoms with Crippen LogP contribution in [-0.4, -0.2) is 9.55 Å². The van der Waals surface area contributed by atoms with Crippen molar-refractivity contribution in [1.29, 1.82) is 0 Å². The molecule has 0 aliphatic rings. The molecule has 102 valence electrons. The number of hydrogen-bond donors (Lipinski definition) is 0. The van der Waals surface area contributed by atoms with Gasteiger partial charge >= 0.3 is 0 Å². The van der Waals surface area contributed by atoms with Crippen molar-refractivity contribution in [1.82, 2.24) is 9.55 Å². The van der Waals surface area contributed by atoms with Crippen LogP contribution in [0.25, 0.3) is 16.7 Å². The Morgan fingerprint density at radius 3 is 2.65 bits per heavy atom. The van der Waals surface area contributed by atoms with Gasteiger partial charge in [0.2, 0.25) is 0 Å². The highest BCUT2D eigenvalue weighted by molar-refractivity contribution is 14.1. The third-order valence-electron chi connectivity index (χ3n) is 3.09. The van der Waals surface area contributed by atoms with Gasteiger partial charge in [0.15, 0.2) is 0 Å². The first-order valence-corrected chi connectivity index (χ1v) is 8.04. The highest BCUT2D eigenvalue weighted by Gasteiger charge is 2.17. The highest BCUT2D eigenvalue weighted by atomic mass is 127. The minimum atomic E-state index is -0.197. The van der Waals surface area contributed by atoms with Gasteiger partial charge in [-0.25, -0.2) is 4.98 Å². The number of aromatic nitrogens is 2. The van der Waals surface area contributed by atoms with Crippen molar-refractivity contribution in [2.75, 3.05) is 0 Å². The van der Waals surface area contributed by atoms with Crippen LogP contribution in [0.1, 0.15) is 18.1 Å². The summed E-state index contributed by atoms with van der Waals surface area (Å²) >= 11 is 14.9. The van der Waals surface area contributed by atoms with Gasteiger partial charge in [0.1, 0.15) is 5.82 Å². The Labute approximate surface area is 140 Å². The molecule has 0 spiro atoms. The summed E-state index contributed by atoms with van der Waals surface area (Å²) in [6, 6.07) is 13.9. The Hall–Kier alpha value is -0.780. The predicted octanol–water partition coefficient (Wildman–Crippen LogP) is 5.58. The molecule has 0 bridgehead atoms. The zero-order chi connectivity index (χ0) is 14.3. The highest BCUT2D eigenvalue weighted by Crippen LogP contribution is 2.32. The smallest absolute Gasteiger partial charge is 0.132 e. The van der Waals surface area contributed by atoms with Crippen LogP contribution in [0.4, 0.5) is 0 Å². The van der Waals surface area contributed by atoms with Crippen LogP contribution < -0.4 is 0 Å². The molecular weight excluding hydrogens is 406 g/mol. The van der Waals surface area contributed by atoms with Crippen LogP contribution in [0, 0.1) is 3.57 Å². The first-order chi connectivity index (χ1) is 9.58. The molecule has 5 heteroatoms. The van der Waals surface area contributed by atoms with Crippen molar-refractivity contribution in [3.8, 4) is 5.69 Å². The predicted molar refractivity (Wildman–Crippen MR) is 93.1 cm³/mol. The maximum atomic E-state index is 6.40. The number of rotatable bonds is 2. The Balaban J connectivity index is 2.36. The van der Waals surface area contributed by atoms with Crippen LogP contribution in [0.15, 0.2) is 42.5 Å². The largest absolute Gasteiger partial charge is 0.294 e. The minimum Gasteiger partial charge on any atom is -0.294 e. The molecule has 0 N–H and O–H groups in total. The van der Waals surface area contributed by atoms with E-state index >= 15 is 0 Å². The molecule has 1 heterocycles. The lowest BCUT2D eigenvalue weighted by Gasteiger charge is -2.12. The normalized spacial score (nSPS) is 12.8. The van der Waals surface area contributed by atoms with E-state index in [0.717, 1.165) is 26.1 Å². The first-order valence-electron chi connectivity index (χ1n) is 6.15. The summed E-state index contributed by atoms with van der Waals surface area (Å²) < 4.78 is 3.13. The Morgan fingerprint density at radius 1 is 1.20 bits per heavy atom. The van der Waals surface area contributed by atoms with E-state index in [0.29, 0.717) is 5.02 Å². The fourth-order valence-electron chi connectivity index (χ4n) is 2.23. The zero-order valence-corrected chi connectivity index (χ0v) is 14.3. The number of para-hydroxylation sites is 2. The summed E-state index contributed by atoms with van der Waals surface area (Å²) in [5, 5.41) is 0.497. The van der Waals surface area contributed by atoms with Gasteiger partial charge in [-0.15, -0.1) is 11.6 Å². The van der Waals surface area contributed by atoms with Crippen LogP contribution in [0.5, 0.6) is 0 Å². The average molecular weight is 417 g/mol. The molecule has 0 saturated heterocycles. The number of halogens is 3. The first kappa shape index (κ1) is 14.2. The Morgan fingerprint density at radius 2 is 1.95 bits per heavy atom. The standard InChI is InChI=1S/C15H11Cl2IN2/c1-9(16)15-19-12-4-2-3-5-14(12)20(15)13-7-6-10(18)8-11(13)17/h2-9H,1H3. The third kappa shape index (κ3) is 2.43. The van der Waals surface area contributed by atoms with Crippen molar-refractivity contribution in [3.63, 3.8) is 0 Å². The number of nitrogens with zero attached hydrogens (tertiary/aromatic N) is 2. The van der Waals surface area contributed by atoms with Crippen LogP contribution in [0.2, 0.25) is 5.02 Å². The van der Waals surface area contributed by atoms with Gasteiger partial charge in [-0.3, -0.25) is 4.57 Å². The SMILES string of the molecule is CC(Cl)c1nc2ccccc2n1-c1ccc(I)cc1Cl. The van der Waals surface area contributed by atoms with Crippen LogP contribution in [0.3, 0.4) is 0 Å². The second-order valence-electron chi connectivity index (χ2n) is 4.51. The fourth-order valence-corrected chi connectivity index (χ4v) is 3.31. The second-order valence-corrected chi connectivity index (χ2v) is 6.81. The van der Waals surface area contributed by atoms with Crippen LogP contribution >= 0.6 is 45.8 Å². The molecule has 0 aliphatic carbocycles. The maximum Gasteiger partial charge on any atom is 0.132 e. The summed E-state index contributed by atoms with van der Waals surface area (Å²) in [5.41, 5.74) is 2.84. The summed E-state index contributed by atoms with van der Waals surface area (Å²) in [6.45, 7) is 1.92. The Bertz CT molecular complexity index is 781. The molecular formula is C15H11Cl2IN2. The van der Waals surface area contributed by atoms with Gasteiger partial charge in [-0.05, 0) is 59.8 Å². The Kier molecular flexibility index (Phi) is 3.93. The van der Waals surface area contributed by atoms with E-state index in [9.17, 15) is 0 Å². The molecule has 0 saturated carbocycles. The molecule has 20 heavy (non-hydrogen) atoms. The zero-order valence-electron chi connectivity index (χ0n) is 10.6. The lowest BCUT2D eigenvalue weighted by Crippen LogP contribution is -2.02. The fraction of sp³-hybridized carbons (Fsp3) is 0.133. The van der Waals surface area contributed by atoms with E-state index < -0.39 is 0 Å². The average Bonchev–Trinajstić information content (AvgIpc) is 2.78. The molecule has 0 fully saturated rings. The molecule has 3 aromatic rings. The van der Waals surface area contributed by atoms with Gasteiger partial charge in [0.25, 0.3) is 0 Å². The van der Waals surface area contributed by atoms with E-state index in [1.165, 1.54) is 0 Å². The summed E-state index contributed by atoms with van der Waals surface area (Å²) in [5.74, 6) is 0.802. The number of imidazole rings is 1. The maximum absolute atomic E-state index is 6.40. The van der Waals surface area contributed by atoms with E-state index in [-0.39, 0.29) is 5.38 Å². The molecule has 1 unspecified atom stereocenters. The molecule has 2 nitrogen and oxygen atoms in total. The topological polar surface area (TPSA) is 17.8 Å². The molecule has 0 aliphatic heterocycles. The van der Waals surface area contributed by atoms with Crippen molar-refractivity contribution in [2.24, 2.45) is 0 Å². The quantitative estimate of drug-likeness (QED) is 0.393. The number of benzene rings is 2. The van der Waals surface area contributed by atoms with Crippen molar-refractivity contribution in [2.45, 2.75) is 12.3 Å². The lowest BCUT2D eigenvalue weighted by molar-refractivity contribution is 0.882. The van der Waals surface area contributed by atoms with Gasteiger partial charge in [-0.1, -0.05) is 23.7 Å². The summed E-state index contributed by atoms with van der Waals surface area (Å²) in [4.78, 5) is 4.62. The number of alkyl halides is 1. The molecule has 0 radical (unpaired) electrons. The third-order valence-corrected chi connectivity index (χ3v) is 4.26. The second kappa shape index (κ2) is 5.54. The van der Waals surface area contributed by atoms with Crippen LogP contribution in [-0.2, 0) is 0 Å². The molecule has 1 atom stereocenters. The van der Waals surface area contributed by atoms with Gasteiger partial charge in [-0.2, -0.15) is 0 Å². The van der Waals surface area contributed by atoms with Crippen molar-refractivity contribution in [3.05, 3.63) is 56.9 Å². The van der Waals surface area contributed by atoms with Gasteiger partial charge < -0.3 is 0 Å². The van der Waals surface area contributed by atoms with E-state index in [1.54, 1.807) is 0 Å². The van der Waals surface area contributed by atoms with E-state index in [2.05, 4.69) is 27.6 Å². The van der Waals surface area contributed by atoms with Gasteiger partial charge in [0, 0.05) is 3.57 Å². The number of fused-ring (bicyclic) bond motifs is 1.